The standard InChI is InChI=1S/C5H12O12S4/c1-2-3-5(20(12,13)14,21(15,16)17)4(18(6,7)8)19(9,10)11/h4H,2-3H2,1H3,(H,6,7,8)(H,9,10,11)(H,12,13,14)(H,15,16,17). The molecule has 0 spiro atoms. The third-order valence-electron chi connectivity index (χ3n) is 2.37. The van der Waals surface area contributed by atoms with Gasteiger partial charge in [0, 0.05) is 0 Å². The summed E-state index contributed by atoms with van der Waals surface area (Å²) in [6, 6.07) is 0. The minimum atomic E-state index is -6.13. The summed E-state index contributed by atoms with van der Waals surface area (Å²) in [5.41, 5.74) is 0. The van der Waals surface area contributed by atoms with Crippen LogP contribution in [0.1, 0.15) is 19.8 Å². The molecule has 0 bridgehead atoms. The molecule has 0 fully saturated rings. The van der Waals surface area contributed by atoms with E-state index in [0.29, 0.717) is 0 Å². The summed E-state index contributed by atoms with van der Waals surface area (Å²) in [5, 5.41) is 0. The zero-order chi connectivity index (χ0) is 17.5. The van der Waals surface area contributed by atoms with Crippen molar-refractivity contribution in [3.63, 3.8) is 0 Å². The molecule has 0 amide bonds. The fourth-order valence-electron chi connectivity index (χ4n) is 1.71. The molecule has 128 valence electrons. The quantitative estimate of drug-likeness (QED) is 0.358. The molecule has 21 heavy (non-hydrogen) atoms. The van der Waals surface area contributed by atoms with Crippen LogP contribution in [-0.2, 0) is 40.5 Å². The van der Waals surface area contributed by atoms with Gasteiger partial charge in [0.25, 0.3) is 49.1 Å². The highest BCUT2D eigenvalue weighted by Crippen LogP contribution is 2.38. The largest absolute Gasteiger partial charge is 0.290 e. The summed E-state index contributed by atoms with van der Waals surface area (Å²) < 4.78 is 117. The van der Waals surface area contributed by atoms with Crippen molar-refractivity contribution in [1.29, 1.82) is 0 Å². The van der Waals surface area contributed by atoms with Gasteiger partial charge >= 0.3 is 0 Å². The summed E-state index contributed by atoms with van der Waals surface area (Å²) in [7, 11) is -24.4. The van der Waals surface area contributed by atoms with Crippen molar-refractivity contribution in [2.75, 3.05) is 0 Å². The Hall–Kier alpha value is -0.360. The van der Waals surface area contributed by atoms with Gasteiger partial charge in [-0.05, 0) is 6.42 Å². The Morgan fingerprint density at radius 2 is 1.05 bits per heavy atom. The van der Waals surface area contributed by atoms with Crippen molar-refractivity contribution < 1.29 is 51.9 Å². The van der Waals surface area contributed by atoms with E-state index in [1.54, 1.807) is 0 Å². The van der Waals surface area contributed by atoms with Crippen molar-refractivity contribution in [2.24, 2.45) is 0 Å². The molecule has 0 aliphatic heterocycles. The molecule has 0 aromatic carbocycles. The molecule has 0 rings (SSSR count). The van der Waals surface area contributed by atoms with Gasteiger partial charge in [0.2, 0.25) is 0 Å². The molecule has 16 heteroatoms. The lowest BCUT2D eigenvalue weighted by Crippen LogP contribution is -2.60. The van der Waals surface area contributed by atoms with E-state index in [0.717, 1.165) is 6.92 Å². The SMILES string of the molecule is CCCC(C(S(=O)(=O)O)S(=O)(=O)O)(S(=O)(=O)O)S(=O)(=O)O. The van der Waals surface area contributed by atoms with Crippen LogP contribution in [0.5, 0.6) is 0 Å². The van der Waals surface area contributed by atoms with Crippen molar-refractivity contribution >= 4 is 40.5 Å². The topological polar surface area (TPSA) is 217 Å². The van der Waals surface area contributed by atoms with Gasteiger partial charge in [-0.1, -0.05) is 13.3 Å². The Morgan fingerprint density at radius 1 is 0.762 bits per heavy atom. The lowest BCUT2D eigenvalue weighted by atomic mass is 10.2. The van der Waals surface area contributed by atoms with Crippen LogP contribution in [0.4, 0.5) is 0 Å². The Balaban J connectivity index is 7.27. The van der Waals surface area contributed by atoms with Crippen LogP contribution in [0.15, 0.2) is 0 Å². The Kier molecular flexibility index (Phi) is 5.59. The van der Waals surface area contributed by atoms with Crippen molar-refractivity contribution in [2.45, 2.75) is 28.4 Å². The van der Waals surface area contributed by atoms with Gasteiger partial charge in [0.05, 0.1) is 0 Å². The molecule has 0 heterocycles. The monoisotopic (exact) mass is 392 g/mol. The molecule has 4 N–H and O–H groups in total. The second-order valence-corrected chi connectivity index (χ2v) is 10.8. The maximum Gasteiger partial charge on any atom is 0.290 e. The van der Waals surface area contributed by atoms with Gasteiger partial charge in [-0.25, -0.2) is 0 Å². The van der Waals surface area contributed by atoms with Crippen molar-refractivity contribution in [1.82, 2.24) is 0 Å². The number of rotatable bonds is 7. The molecule has 0 radical (unpaired) electrons. The molecule has 0 aliphatic rings. The van der Waals surface area contributed by atoms with Gasteiger partial charge in [0.15, 0.2) is 0 Å². The first kappa shape index (κ1) is 20.6. The Bertz CT molecular complexity index is 733. The van der Waals surface area contributed by atoms with Gasteiger partial charge in [-0.2, -0.15) is 33.7 Å². The van der Waals surface area contributed by atoms with Crippen LogP contribution < -0.4 is 0 Å². The lowest BCUT2D eigenvalue weighted by Gasteiger charge is -2.30. The van der Waals surface area contributed by atoms with Gasteiger partial charge in [-0.3, -0.25) is 18.2 Å². The molecule has 0 saturated heterocycles. The van der Waals surface area contributed by atoms with E-state index < -0.39 is 62.0 Å². The van der Waals surface area contributed by atoms with E-state index in [4.69, 9.17) is 18.2 Å². The number of hydrogen-bond donors (Lipinski definition) is 4. The average Bonchev–Trinajstić information content (AvgIpc) is 2.08. The zero-order valence-corrected chi connectivity index (χ0v) is 13.4. The van der Waals surface area contributed by atoms with E-state index in [1.165, 1.54) is 0 Å². The minimum absolute atomic E-state index is 0.568. The van der Waals surface area contributed by atoms with Gasteiger partial charge in [0.1, 0.15) is 0 Å². The molecular weight excluding hydrogens is 380 g/mol. The first-order chi connectivity index (χ1) is 8.93. The summed E-state index contributed by atoms with van der Waals surface area (Å²) in [5.74, 6) is 0. The van der Waals surface area contributed by atoms with Crippen LogP contribution >= 0.6 is 0 Å². The van der Waals surface area contributed by atoms with Gasteiger partial charge < -0.3 is 0 Å². The molecule has 0 atom stereocenters. The second-order valence-electron chi connectivity index (χ2n) is 3.87. The zero-order valence-electron chi connectivity index (χ0n) is 10.2. The third-order valence-corrected chi connectivity index (χ3v) is 10.2. The maximum absolute atomic E-state index is 11.3. The summed E-state index contributed by atoms with van der Waals surface area (Å²) in [6.45, 7) is 1.05. The maximum atomic E-state index is 11.3. The van der Waals surface area contributed by atoms with Crippen LogP contribution in [0, 0.1) is 0 Å². The van der Waals surface area contributed by atoms with Crippen molar-refractivity contribution in [3.05, 3.63) is 0 Å². The predicted octanol–water partition coefficient (Wildman–Crippen LogP) is -1.64. The predicted molar refractivity (Wildman–Crippen MR) is 67.6 cm³/mol. The first-order valence-electron chi connectivity index (χ1n) is 4.79. The fraction of sp³-hybridized carbons (Fsp3) is 1.00. The summed E-state index contributed by atoms with van der Waals surface area (Å²) in [6.07, 6.45) is -2.02. The lowest BCUT2D eigenvalue weighted by molar-refractivity contribution is 0.390. The highest BCUT2D eigenvalue weighted by molar-refractivity contribution is 8.11. The fourth-order valence-corrected chi connectivity index (χ4v) is 9.47. The van der Waals surface area contributed by atoms with Crippen LogP contribution in [0.2, 0.25) is 0 Å². The van der Waals surface area contributed by atoms with E-state index in [-0.39, 0.29) is 0 Å². The third kappa shape index (κ3) is 3.89. The number of hydrogen-bond acceptors (Lipinski definition) is 8. The molecule has 12 nitrogen and oxygen atoms in total. The molecule has 0 saturated carbocycles. The molecule has 0 aliphatic carbocycles. The Morgan fingerprint density at radius 3 is 1.19 bits per heavy atom. The molecule has 0 aromatic rings. The van der Waals surface area contributed by atoms with Crippen LogP contribution in [0.3, 0.4) is 0 Å². The normalized spacial score (nSPS) is 15.3. The van der Waals surface area contributed by atoms with Crippen LogP contribution in [0.25, 0.3) is 0 Å². The molecule has 0 aromatic heterocycles. The smallest absolute Gasteiger partial charge is 0.284 e. The minimum Gasteiger partial charge on any atom is -0.284 e. The molecular formula is C5H12O12S4. The van der Waals surface area contributed by atoms with E-state index in [1.807, 2.05) is 0 Å². The highest BCUT2D eigenvalue weighted by atomic mass is 32.3. The average molecular weight is 392 g/mol. The van der Waals surface area contributed by atoms with E-state index in [9.17, 15) is 33.7 Å². The van der Waals surface area contributed by atoms with Crippen LogP contribution in [-0.4, -0.2) is 60.5 Å². The molecule has 0 unspecified atom stereocenters. The van der Waals surface area contributed by atoms with Gasteiger partial charge in [-0.15, -0.1) is 0 Å². The van der Waals surface area contributed by atoms with E-state index >= 15 is 0 Å². The Labute approximate surface area is 121 Å². The summed E-state index contributed by atoms with van der Waals surface area (Å²) in [4.78, 5) is 0. The van der Waals surface area contributed by atoms with Crippen molar-refractivity contribution in [3.8, 4) is 0 Å². The highest BCUT2D eigenvalue weighted by Gasteiger charge is 2.68. The van der Waals surface area contributed by atoms with E-state index in [2.05, 4.69) is 0 Å². The first-order valence-corrected chi connectivity index (χ1v) is 10.7. The second kappa shape index (κ2) is 5.69. The summed E-state index contributed by atoms with van der Waals surface area (Å²) >= 11 is 0.